The minimum atomic E-state index is -0.195. The highest BCUT2D eigenvalue weighted by atomic mass is 19.1. The van der Waals surface area contributed by atoms with Crippen molar-refractivity contribution >= 4 is 16.6 Å². The van der Waals surface area contributed by atoms with Crippen molar-refractivity contribution in [2.24, 2.45) is 11.8 Å². The van der Waals surface area contributed by atoms with Crippen LogP contribution in [0, 0.1) is 17.7 Å². The van der Waals surface area contributed by atoms with Crippen LogP contribution in [-0.4, -0.2) is 17.6 Å². The predicted octanol–water partition coefficient (Wildman–Crippen LogP) is 6.06. The first kappa shape index (κ1) is 18.7. The van der Waals surface area contributed by atoms with Crippen LogP contribution in [0.5, 0.6) is 5.75 Å². The predicted molar refractivity (Wildman–Crippen MR) is 112 cm³/mol. The lowest BCUT2D eigenvalue weighted by Gasteiger charge is -2.33. The first-order valence-corrected chi connectivity index (χ1v) is 10.2. The van der Waals surface area contributed by atoms with Gasteiger partial charge in [0.2, 0.25) is 0 Å². The fourth-order valence-electron chi connectivity index (χ4n) is 4.14. The number of benzene rings is 2. The molecule has 1 atom stereocenters. The van der Waals surface area contributed by atoms with E-state index in [2.05, 4.69) is 23.3 Å². The molecule has 1 heterocycles. The van der Waals surface area contributed by atoms with Crippen molar-refractivity contribution in [3.8, 4) is 5.75 Å². The van der Waals surface area contributed by atoms with Gasteiger partial charge in [0.15, 0.2) is 0 Å². The Labute approximate surface area is 165 Å². The van der Waals surface area contributed by atoms with Crippen LogP contribution in [0.1, 0.15) is 32.6 Å². The summed E-state index contributed by atoms with van der Waals surface area (Å²) in [5.74, 6) is 2.02. The van der Waals surface area contributed by atoms with Gasteiger partial charge in [0.1, 0.15) is 11.6 Å². The highest BCUT2D eigenvalue weighted by molar-refractivity contribution is 5.84. The van der Waals surface area contributed by atoms with E-state index in [-0.39, 0.29) is 11.9 Å². The molecule has 1 fully saturated rings. The molecule has 2 aromatic carbocycles. The Kier molecular flexibility index (Phi) is 5.75. The van der Waals surface area contributed by atoms with Crippen LogP contribution in [0.4, 0.5) is 10.1 Å². The Bertz CT molecular complexity index is 899. The van der Waals surface area contributed by atoms with Crippen molar-refractivity contribution in [1.29, 1.82) is 0 Å². The smallest absolute Gasteiger partial charge is 0.130 e. The van der Waals surface area contributed by atoms with Crippen LogP contribution in [-0.2, 0) is 0 Å². The summed E-state index contributed by atoms with van der Waals surface area (Å²) in [5, 5.41) is 4.52. The Balaban J connectivity index is 1.28. The molecule has 4 rings (SSSR count). The van der Waals surface area contributed by atoms with Gasteiger partial charge in [0.25, 0.3) is 0 Å². The molecule has 0 spiro atoms. The Morgan fingerprint density at radius 1 is 1.04 bits per heavy atom. The standard InChI is InChI=1S/C24H27FN2O/c1-17(16-27-20-10-8-19(25)9-11-20)18-6-12-21(13-7-18)28-24-14-15-26-23-5-3-2-4-22(23)24/h2-5,8-11,14-15,17-18,21,27H,6-7,12-13,16H2,1H3/t17?,18-,21+. The third-order valence-corrected chi connectivity index (χ3v) is 5.90. The monoisotopic (exact) mass is 378 g/mol. The number of hydrogen-bond donors (Lipinski definition) is 1. The minimum absolute atomic E-state index is 0.195. The molecule has 3 nitrogen and oxygen atoms in total. The highest BCUT2D eigenvalue weighted by Crippen LogP contribution is 2.34. The van der Waals surface area contributed by atoms with E-state index in [9.17, 15) is 4.39 Å². The van der Waals surface area contributed by atoms with Crippen molar-refractivity contribution in [2.75, 3.05) is 11.9 Å². The zero-order chi connectivity index (χ0) is 19.3. The molecule has 0 radical (unpaired) electrons. The number of pyridine rings is 1. The van der Waals surface area contributed by atoms with Gasteiger partial charge in [-0.15, -0.1) is 0 Å². The average molecular weight is 378 g/mol. The zero-order valence-electron chi connectivity index (χ0n) is 16.3. The van der Waals surface area contributed by atoms with E-state index >= 15 is 0 Å². The molecule has 1 aliphatic rings. The third-order valence-electron chi connectivity index (χ3n) is 5.90. The molecule has 1 aliphatic carbocycles. The molecule has 0 amide bonds. The van der Waals surface area contributed by atoms with E-state index in [0.29, 0.717) is 11.8 Å². The maximum Gasteiger partial charge on any atom is 0.130 e. The van der Waals surface area contributed by atoms with Gasteiger partial charge >= 0.3 is 0 Å². The van der Waals surface area contributed by atoms with Crippen molar-refractivity contribution in [2.45, 2.75) is 38.7 Å². The van der Waals surface area contributed by atoms with Crippen molar-refractivity contribution in [3.05, 3.63) is 66.6 Å². The molecule has 4 heteroatoms. The van der Waals surface area contributed by atoms with Gasteiger partial charge in [-0.05, 0) is 80.0 Å². The molecule has 28 heavy (non-hydrogen) atoms. The maximum atomic E-state index is 13.0. The summed E-state index contributed by atoms with van der Waals surface area (Å²) >= 11 is 0. The van der Waals surface area contributed by atoms with Gasteiger partial charge in [-0.25, -0.2) is 4.39 Å². The van der Waals surface area contributed by atoms with E-state index in [1.54, 1.807) is 12.1 Å². The van der Waals surface area contributed by atoms with E-state index in [1.807, 2.05) is 30.5 Å². The number of fused-ring (bicyclic) bond motifs is 1. The molecule has 1 saturated carbocycles. The summed E-state index contributed by atoms with van der Waals surface area (Å²) in [7, 11) is 0. The molecular formula is C24H27FN2O. The Morgan fingerprint density at radius 3 is 2.57 bits per heavy atom. The highest BCUT2D eigenvalue weighted by Gasteiger charge is 2.26. The summed E-state index contributed by atoms with van der Waals surface area (Å²) in [6.45, 7) is 3.22. The fraction of sp³-hybridized carbons (Fsp3) is 0.375. The summed E-state index contributed by atoms with van der Waals surface area (Å²) in [6.07, 6.45) is 6.64. The second-order valence-corrected chi connectivity index (χ2v) is 7.85. The van der Waals surface area contributed by atoms with E-state index < -0.39 is 0 Å². The van der Waals surface area contributed by atoms with Gasteiger partial charge in [0, 0.05) is 23.8 Å². The minimum Gasteiger partial charge on any atom is -0.490 e. The van der Waals surface area contributed by atoms with E-state index in [4.69, 9.17) is 4.74 Å². The number of halogens is 1. The number of ether oxygens (including phenoxy) is 1. The number of anilines is 1. The molecule has 146 valence electrons. The van der Waals surface area contributed by atoms with Gasteiger partial charge in [-0.3, -0.25) is 4.98 Å². The summed E-state index contributed by atoms with van der Waals surface area (Å²) in [4.78, 5) is 4.41. The number of rotatable bonds is 6. The lowest BCUT2D eigenvalue weighted by molar-refractivity contribution is 0.117. The lowest BCUT2D eigenvalue weighted by atomic mass is 9.79. The van der Waals surface area contributed by atoms with Crippen molar-refractivity contribution in [1.82, 2.24) is 4.98 Å². The first-order valence-electron chi connectivity index (χ1n) is 10.2. The Hall–Kier alpha value is -2.62. The van der Waals surface area contributed by atoms with Crippen LogP contribution in [0.25, 0.3) is 10.9 Å². The van der Waals surface area contributed by atoms with Crippen LogP contribution < -0.4 is 10.1 Å². The topological polar surface area (TPSA) is 34.1 Å². The van der Waals surface area contributed by atoms with Crippen molar-refractivity contribution < 1.29 is 9.13 Å². The number of hydrogen-bond acceptors (Lipinski definition) is 3. The molecule has 0 bridgehead atoms. The lowest BCUT2D eigenvalue weighted by Crippen LogP contribution is -2.29. The van der Waals surface area contributed by atoms with E-state index in [1.165, 1.54) is 25.0 Å². The van der Waals surface area contributed by atoms with Crippen LogP contribution in [0.15, 0.2) is 60.8 Å². The second-order valence-electron chi connectivity index (χ2n) is 7.85. The molecule has 0 aliphatic heterocycles. The zero-order valence-corrected chi connectivity index (χ0v) is 16.3. The number of nitrogens with zero attached hydrogens (tertiary/aromatic N) is 1. The molecule has 1 aromatic heterocycles. The van der Waals surface area contributed by atoms with Gasteiger partial charge in [-0.1, -0.05) is 19.1 Å². The fourth-order valence-corrected chi connectivity index (χ4v) is 4.14. The first-order chi connectivity index (χ1) is 13.7. The number of nitrogens with one attached hydrogen (secondary N) is 1. The largest absolute Gasteiger partial charge is 0.490 e. The normalized spacial score (nSPS) is 20.6. The van der Waals surface area contributed by atoms with Crippen molar-refractivity contribution in [3.63, 3.8) is 0 Å². The molecule has 1 unspecified atom stereocenters. The summed E-state index contributed by atoms with van der Waals surface area (Å²) in [5.41, 5.74) is 1.96. The number of para-hydroxylation sites is 1. The summed E-state index contributed by atoms with van der Waals surface area (Å²) < 4.78 is 19.4. The maximum absolute atomic E-state index is 13.0. The third kappa shape index (κ3) is 4.44. The van der Waals surface area contributed by atoms with Crippen LogP contribution in [0.2, 0.25) is 0 Å². The van der Waals surface area contributed by atoms with Gasteiger partial charge in [-0.2, -0.15) is 0 Å². The molecule has 3 aromatic rings. The molecule has 1 N–H and O–H groups in total. The number of aromatic nitrogens is 1. The molecular weight excluding hydrogens is 351 g/mol. The van der Waals surface area contributed by atoms with Crippen LogP contribution in [0.3, 0.4) is 0 Å². The second kappa shape index (κ2) is 8.59. The van der Waals surface area contributed by atoms with Gasteiger partial charge in [0.05, 0.1) is 11.6 Å². The SMILES string of the molecule is CC(CNc1ccc(F)cc1)[C@H]1CC[C@@H](Oc2ccnc3ccccc23)CC1. The Morgan fingerprint density at radius 2 is 1.79 bits per heavy atom. The molecule has 0 saturated heterocycles. The van der Waals surface area contributed by atoms with Crippen LogP contribution >= 0.6 is 0 Å². The quantitative estimate of drug-likeness (QED) is 0.566. The van der Waals surface area contributed by atoms with E-state index in [0.717, 1.165) is 41.7 Å². The average Bonchev–Trinajstić information content (AvgIpc) is 2.74. The van der Waals surface area contributed by atoms with Gasteiger partial charge < -0.3 is 10.1 Å². The summed E-state index contributed by atoms with van der Waals surface area (Å²) in [6, 6.07) is 16.7.